The van der Waals surface area contributed by atoms with Gasteiger partial charge in [-0.25, -0.2) is 0 Å². The van der Waals surface area contributed by atoms with Gasteiger partial charge in [-0.15, -0.1) is 0 Å². The largest absolute Gasteiger partial charge is 0.383 e. The minimum atomic E-state index is 0.226. The third-order valence-electron chi connectivity index (χ3n) is 6.32. The van der Waals surface area contributed by atoms with Gasteiger partial charge in [0.2, 0.25) is 0 Å². The summed E-state index contributed by atoms with van der Waals surface area (Å²) in [6.07, 6.45) is 10.1. The van der Waals surface area contributed by atoms with Gasteiger partial charge in [-0.1, -0.05) is 19.1 Å². The topological polar surface area (TPSA) is 54.4 Å². The van der Waals surface area contributed by atoms with E-state index in [9.17, 15) is 4.79 Å². The molecule has 0 bridgehead atoms. The predicted octanol–water partition coefficient (Wildman–Crippen LogP) is 5.06. The second-order valence-electron chi connectivity index (χ2n) is 8.02. The summed E-state index contributed by atoms with van der Waals surface area (Å²) in [6.45, 7) is 5.29. The molecule has 0 fully saturated rings. The number of carbonyl (C=O) groups excluding carboxylic acids is 1. The summed E-state index contributed by atoms with van der Waals surface area (Å²) in [5, 5.41) is 3.53. The van der Waals surface area contributed by atoms with Crippen molar-refractivity contribution in [3.8, 4) is 11.1 Å². The van der Waals surface area contributed by atoms with Gasteiger partial charge in [-0.2, -0.15) is 0 Å². The Balaban J connectivity index is 1.64. The Labute approximate surface area is 171 Å². The highest BCUT2D eigenvalue weighted by Crippen LogP contribution is 2.40. The van der Waals surface area contributed by atoms with E-state index in [0.29, 0.717) is 6.42 Å². The zero-order valence-corrected chi connectivity index (χ0v) is 17.0. The number of nitrogens with zero attached hydrogens (tertiary/aromatic N) is 2. The molecule has 0 unspecified atom stereocenters. The van der Waals surface area contributed by atoms with Crippen LogP contribution >= 0.6 is 0 Å². The third kappa shape index (κ3) is 2.94. The highest BCUT2D eigenvalue weighted by atomic mass is 16.1. The molecule has 3 heterocycles. The second kappa shape index (κ2) is 7.11. The maximum absolute atomic E-state index is 12.9. The van der Waals surface area contributed by atoms with Gasteiger partial charge >= 0.3 is 0 Å². The first-order valence-electron chi connectivity index (χ1n) is 10.5. The number of carbonyl (C=O) groups is 1. The fourth-order valence-electron chi connectivity index (χ4n) is 4.82. The molecule has 1 aromatic heterocycles. The monoisotopic (exact) mass is 383 g/mol. The van der Waals surface area contributed by atoms with Crippen LogP contribution in [0.25, 0.3) is 16.7 Å². The van der Waals surface area contributed by atoms with Crippen LogP contribution in [0.2, 0.25) is 0 Å². The Bertz CT molecular complexity index is 1120. The van der Waals surface area contributed by atoms with E-state index in [1.54, 1.807) is 0 Å². The number of benzene rings is 1. The molecular formula is C25H25N3O. The number of aromatic nitrogens is 1. The predicted molar refractivity (Wildman–Crippen MR) is 118 cm³/mol. The lowest BCUT2D eigenvalue weighted by Crippen LogP contribution is -2.14. The number of ketones is 1. The minimum Gasteiger partial charge on any atom is -0.383 e. The number of aryl methyl sites for hydroxylation is 1. The summed E-state index contributed by atoms with van der Waals surface area (Å²) in [5.74, 6) is 0.226. The molecule has 2 aromatic rings. The van der Waals surface area contributed by atoms with Crippen LogP contribution in [0.4, 0.5) is 5.69 Å². The smallest absolute Gasteiger partial charge is 0.168 e. The summed E-state index contributed by atoms with van der Waals surface area (Å²) >= 11 is 0. The number of Topliss-reactive ketones (excluding diaryl/α,β-unsaturated/α-hetero) is 1. The maximum atomic E-state index is 12.9. The number of anilines is 1. The lowest BCUT2D eigenvalue weighted by atomic mass is 9.90. The normalized spacial score (nSPS) is 19.0. The average Bonchev–Trinajstić information content (AvgIpc) is 3.38. The first-order chi connectivity index (χ1) is 14.2. The average molecular weight is 383 g/mol. The molecular weight excluding hydrogens is 358 g/mol. The van der Waals surface area contributed by atoms with Gasteiger partial charge in [0.15, 0.2) is 5.78 Å². The van der Waals surface area contributed by atoms with Crippen LogP contribution in [0.1, 0.15) is 48.6 Å². The quantitative estimate of drug-likeness (QED) is 0.754. The van der Waals surface area contributed by atoms with Gasteiger partial charge in [0.1, 0.15) is 0 Å². The number of pyridine rings is 1. The van der Waals surface area contributed by atoms with Crippen molar-refractivity contribution in [3.05, 3.63) is 64.1 Å². The van der Waals surface area contributed by atoms with Crippen LogP contribution in [0.15, 0.2) is 46.7 Å². The number of nitrogens with one attached hydrogen (secondary N) is 1. The molecule has 0 atom stereocenters. The molecule has 5 rings (SSSR count). The second-order valence-corrected chi connectivity index (χ2v) is 8.02. The minimum absolute atomic E-state index is 0.226. The highest BCUT2D eigenvalue weighted by Gasteiger charge is 2.29. The molecule has 146 valence electrons. The summed E-state index contributed by atoms with van der Waals surface area (Å²) in [5.41, 5.74) is 11.3. The Hall–Kier alpha value is -3.01. The molecule has 0 amide bonds. The molecule has 4 heteroatoms. The van der Waals surface area contributed by atoms with Gasteiger partial charge in [0.05, 0.1) is 11.4 Å². The lowest BCUT2D eigenvalue weighted by Gasteiger charge is -2.21. The van der Waals surface area contributed by atoms with E-state index >= 15 is 0 Å². The molecule has 2 aliphatic heterocycles. The van der Waals surface area contributed by atoms with Crippen LogP contribution in [0.3, 0.4) is 0 Å². The number of hydrogen-bond acceptors (Lipinski definition) is 4. The Morgan fingerprint density at radius 1 is 1.24 bits per heavy atom. The molecule has 0 saturated heterocycles. The number of rotatable bonds is 3. The van der Waals surface area contributed by atoms with E-state index in [-0.39, 0.29) is 5.78 Å². The first kappa shape index (κ1) is 18.0. The van der Waals surface area contributed by atoms with Crippen molar-refractivity contribution in [1.29, 1.82) is 0 Å². The van der Waals surface area contributed by atoms with Gasteiger partial charge in [0, 0.05) is 49.1 Å². The molecule has 1 aromatic carbocycles. The van der Waals surface area contributed by atoms with Crippen molar-refractivity contribution in [2.45, 2.75) is 46.0 Å². The number of fused-ring (bicyclic) bond motifs is 2. The third-order valence-corrected chi connectivity index (χ3v) is 6.32. The summed E-state index contributed by atoms with van der Waals surface area (Å²) in [4.78, 5) is 21.9. The van der Waals surface area contributed by atoms with E-state index in [1.807, 2.05) is 18.6 Å². The summed E-state index contributed by atoms with van der Waals surface area (Å²) < 4.78 is 0. The Morgan fingerprint density at radius 2 is 2.14 bits per heavy atom. The molecule has 29 heavy (non-hydrogen) atoms. The van der Waals surface area contributed by atoms with E-state index < -0.39 is 0 Å². The zero-order chi connectivity index (χ0) is 20.0. The molecule has 1 aliphatic carbocycles. The molecule has 4 nitrogen and oxygen atoms in total. The Morgan fingerprint density at radius 3 is 2.93 bits per heavy atom. The molecule has 0 radical (unpaired) electrons. The van der Waals surface area contributed by atoms with E-state index in [2.05, 4.69) is 42.4 Å². The van der Waals surface area contributed by atoms with Crippen LogP contribution in [-0.2, 0) is 17.6 Å². The number of allylic oxidation sites excluding steroid dienone is 3. The van der Waals surface area contributed by atoms with Gasteiger partial charge in [-0.05, 0) is 65.7 Å². The van der Waals surface area contributed by atoms with Crippen molar-refractivity contribution < 1.29 is 4.79 Å². The standard InChI is InChI=1S/C25H25N3O/c1-3-19(18-8-10-26-13-18)24-20-11-16(6-7-17(20)12-23(24)29)21-14-28-22-5-4-9-27-25(22)15(21)2/h6-7,10-11,13-14,27H,3-5,8-9,12H2,1-2H3/b24-19-. The fourth-order valence-corrected chi connectivity index (χ4v) is 4.82. The van der Waals surface area contributed by atoms with E-state index in [0.717, 1.165) is 71.3 Å². The van der Waals surface area contributed by atoms with Crippen LogP contribution in [-0.4, -0.2) is 23.5 Å². The van der Waals surface area contributed by atoms with Gasteiger partial charge in [-0.3, -0.25) is 14.8 Å². The van der Waals surface area contributed by atoms with E-state index in [4.69, 9.17) is 4.98 Å². The van der Waals surface area contributed by atoms with Crippen LogP contribution in [0, 0.1) is 6.92 Å². The molecule has 1 N–H and O–H groups in total. The molecule has 3 aliphatic rings. The molecule has 0 saturated carbocycles. The fraction of sp³-hybridized carbons (Fsp3) is 0.320. The van der Waals surface area contributed by atoms with Gasteiger partial charge in [0.25, 0.3) is 0 Å². The van der Waals surface area contributed by atoms with Gasteiger partial charge < -0.3 is 5.32 Å². The highest BCUT2D eigenvalue weighted by molar-refractivity contribution is 6.27. The number of hydrogen-bond donors (Lipinski definition) is 1. The maximum Gasteiger partial charge on any atom is 0.168 e. The van der Waals surface area contributed by atoms with Crippen molar-refractivity contribution in [2.75, 3.05) is 11.9 Å². The summed E-state index contributed by atoms with van der Waals surface area (Å²) in [6, 6.07) is 6.45. The summed E-state index contributed by atoms with van der Waals surface area (Å²) in [7, 11) is 0. The van der Waals surface area contributed by atoms with E-state index in [1.165, 1.54) is 16.8 Å². The van der Waals surface area contributed by atoms with Crippen LogP contribution in [0.5, 0.6) is 0 Å². The Kier molecular flexibility index (Phi) is 4.42. The first-order valence-corrected chi connectivity index (χ1v) is 10.5. The lowest BCUT2D eigenvalue weighted by molar-refractivity contribution is -0.112. The van der Waals surface area contributed by atoms with Crippen molar-refractivity contribution in [1.82, 2.24) is 4.98 Å². The number of aliphatic imine (C=N–C) groups is 1. The van der Waals surface area contributed by atoms with Crippen molar-refractivity contribution in [3.63, 3.8) is 0 Å². The zero-order valence-electron chi connectivity index (χ0n) is 17.0. The van der Waals surface area contributed by atoms with Crippen LogP contribution < -0.4 is 5.32 Å². The van der Waals surface area contributed by atoms with Crippen molar-refractivity contribution in [2.24, 2.45) is 4.99 Å². The van der Waals surface area contributed by atoms with Crippen molar-refractivity contribution >= 4 is 23.3 Å². The SMILES string of the molecule is CC/C(C1=CN=CC1)=C1/C(=O)Cc2ccc(-c3cnc4c(c3C)NCCC4)cc21. The molecule has 0 spiro atoms.